The molecule has 0 aromatic carbocycles. The summed E-state index contributed by atoms with van der Waals surface area (Å²) in [6, 6.07) is -0.580. The van der Waals surface area contributed by atoms with Gasteiger partial charge in [0.2, 0.25) is 5.91 Å². The summed E-state index contributed by atoms with van der Waals surface area (Å²) in [7, 11) is 1.45. The summed E-state index contributed by atoms with van der Waals surface area (Å²) < 4.78 is 0. The van der Waals surface area contributed by atoms with E-state index in [1.807, 2.05) is 0 Å². The molecule has 0 aromatic heterocycles. The number of nitrogens with zero attached hydrogens (tertiary/aromatic N) is 1. The summed E-state index contributed by atoms with van der Waals surface area (Å²) >= 11 is 0. The Morgan fingerprint density at radius 1 is 1.43 bits per heavy atom. The lowest BCUT2D eigenvalue weighted by Crippen LogP contribution is -2.52. The third-order valence-electron chi connectivity index (χ3n) is 2.26. The molecule has 3 amide bonds. The summed E-state index contributed by atoms with van der Waals surface area (Å²) in [4.78, 5) is 23.4. The van der Waals surface area contributed by atoms with E-state index in [0.29, 0.717) is 6.42 Å². The molecule has 2 N–H and O–H groups in total. The molecule has 1 atom stereocenters. The van der Waals surface area contributed by atoms with E-state index in [0.717, 1.165) is 4.90 Å². The highest BCUT2D eigenvalue weighted by Gasteiger charge is 2.28. The highest BCUT2D eigenvalue weighted by Crippen LogP contribution is 2.12. The number of amides is 3. The maximum absolute atomic E-state index is 11.4. The van der Waals surface area contributed by atoms with Crippen LogP contribution in [0.3, 0.4) is 0 Å². The maximum atomic E-state index is 11.4. The van der Waals surface area contributed by atoms with Crippen LogP contribution in [0.2, 0.25) is 0 Å². The van der Waals surface area contributed by atoms with E-state index < -0.39 is 11.8 Å². The minimum atomic E-state index is -1.22. The quantitative estimate of drug-likeness (QED) is 0.661. The molecule has 0 aliphatic carbocycles. The number of rotatable bonds is 3. The summed E-state index contributed by atoms with van der Waals surface area (Å²) in [5.74, 6) is -0.353. The number of urea groups is 1. The molecule has 1 unspecified atom stereocenters. The average Bonchev–Trinajstić information content (AvgIpc) is 2.16. The minimum Gasteiger partial charge on any atom is -0.371 e. The van der Waals surface area contributed by atoms with E-state index in [2.05, 4.69) is 5.32 Å². The van der Waals surface area contributed by atoms with Crippen LogP contribution in [0.25, 0.3) is 0 Å². The summed E-state index contributed by atoms with van der Waals surface area (Å²) in [5, 5.41) is 11.9. The number of imide groups is 1. The molecule has 0 fully saturated rings. The molecule has 0 aliphatic heterocycles. The first-order valence-corrected chi connectivity index (χ1v) is 4.65. The first kappa shape index (κ1) is 12.9. The summed E-state index contributed by atoms with van der Waals surface area (Å²) in [6.07, 6.45) is 0.644. The lowest BCUT2D eigenvalue weighted by Gasteiger charge is -2.32. The molecule has 0 aliphatic rings. The van der Waals surface area contributed by atoms with Gasteiger partial charge in [0.05, 0.1) is 0 Å². The Balaban J connectivity index is 4.33. The normalized spacial score (nSPS) is 14.4. The Bertz CT molecular complexity index is 226. The van der Waals surface area contributed by atoms with Crippen LogP contribution in [0, 0.1) is 0 Å². The van der Waals surface area contributed by atoms with Crippen molar-refractivity contribution >= 4 is 11.9 Å². The molecule has 0 radical (unpaired) electrons. The third kappa shape index (κ3) is 3.33. The van der Waals surface area contributed by atoms with E-state index >= 15 is 0 Å². The van der Waals surface area contributed by atoms with Gasteiger partial charge in [-0.2, -0.15) is 0 Å². The Morgan fingerprint density at radius 3 is 2.29 bits per heavy atom. The van der Waals surface area contributed by atoms with Crippen molar-refractivity contribution in [2.75, 3.05) is 7.05 Å². The van der Waals surface area contributed by atoms with Gasteiger partial charge in [-0.3, -0.25) is 15.0 Å². The van der Waals surface area contributed by atoms with Gasteiger partial charge in [-0.15, -0.1) is 0 Å². The lowest BCUT2D eigenvalue weighted by atomic mass is 10.2. The zero-order valence-corrected chi connectivity index (χ0v) is 9.13. The van der Waals surface area contributed by atoms with Gasteiger partial charge in [0.1, 0.15) is 5.72 Å². The maximum Gasteiger partial charge on any atom is 0.326 e. The molecule has 0 saturated heterocycles. The van der Waals surface area contributed by atoms with Crippen molar-refractivity contribution in [3.05, 3.63) is 0 Å². The Hall–Kier alpha value is -1.10. The zero-order valence-electron chi connectivity index (χ0n) is 9.13. The third-order valence-corrected chi connectivity index (χ3v) is 2.26. The fourth-order valence-electron chi connectivity index (χ4n) is 0.747. The number of nitrogens with one attached hydrogen (secondary N) is 1. The van der Waals surface area contributed by atoms with E-state index in [4.69, 9.17) is 0 Å². The fourth-order valence-corrected chi connectivity index (χ4v) is 0.747. The first-order valence-electron chi connectivity index (χ1n) is 4.65. The predicted molar refractivity (Wildman–Crippen MR) is 52.5 cm³/mol. The van der Waals surface area contributed by atoms with Gasteiger partial charge in [-0.1, -0.05) is 13.8 Å². The van der Waals surface area contributed by atoms with Crippen LogP contribution in [0.4, 0.5) is 4.79 Å². The van der Waals surface area contributed by atoms with E-state index in [1.165, 1.54) is 14.0 Å². The number of hydrogen-bond donors (Lipinski definition) is 2. The van der Waals surface area contributed by atoms with Gasteiger partial charge < -0.3 is 5.11 Å². The van der Waals surface area contributed by atoms with E-state index in [1.54, 1.807) is 13.8 Å². The second-order valence-electron chi connectivity index (χ2n) is 3.34. The van der Waals surface area contributed by atoms with Crippen molar-refractivity contribution in [2.24, 2.45) is 0 Å². The molecule has 5 heteroatoms. The van der Waals surface area contributed by atoms with Crippen molar-refractivity contribution in [1.29, 1.82) is 0 Å². The van der Waals surface area contributed by atoms with Gasteiger partial charge in [0.25, 0.3) is 0 Å². The molecule has 14 heavy (non-hydrogen) atoms. The number of aliphatic hydroxyl groups is 1. The molecule has 82 valence electrons. The molecule has 0 rings (SSSR count). The largest absolute Gasteiger partial charge is 0.371 e. The SMILES string of the molecule is CCC(=O)NC(=O)N(C)C(C)(O)CC. The van der Waals surface area contributed by atoms with E-state index in [-0.39, 0.29) is 12.3 Å². The highest BCUT2D eigenvalue weighted by molar-refractivity contribution is 5.94. The predicted octanol–water partition coefficient (Wildman–Crippen LogP) is 0.683. The van der Waals surface area contributed by atoms with E-state index in [9.17, 15) is 14.7 Å². The fraction of sp³-hybridized carbons (Fsp3) is 0.778. The average molecular weight is 202 g/mol. The number of carbonyl (C=O) groups excluding carboxylic acids is 2. The Kier molecular flexibility index (Phi) is 4.56. The lowest BCUT2D eigenvalue weighted by molar-refractivity contribution is -0.120. The number of hydrogen-bond acceptors (Lipinski definition) is 3. The standard InChI is InChI=1S/C9H18N2O3/c1-5-7(12)10-8(13)11(4)9(3,14)6-2/h14H,5-6H2,1-4H3,(H,10,12,13). The van der Waals surface area contributed by atoms with Crippen LogP contribution in [0.1, 0.15) is 33.6 Å². The van der Waals surface area contributed by atoms with Gasteiger partial charge in [0, 0.05) is 13.5 Å². The van der Waals surface area contributed by atoms with Crippen molar-refractivity contribution in [3.8, 4) is 0 Å². The van der Waals surface area contributed by atoms with Crippen LogP contribution in [0.5, 0.6) is 0 Å². The molecule has 0 aromatic rings. The second kappa shape index (κ2) is 4.95. The van der Waals surface area contributed by atoms with Crippen molar-refractivity contribution < 1.29 is 14.7 Å². The molecular formula is C9H18N2O3. The zero-order chi connectivity index (χ0) is 11.4. The van der Waals surface area contributed by atoms with Gasteiger partial charge >= 0.3 is 6.03 Å². The van der Waals surface area contributed by atoms with Gasteiger partial charge in [-0.05, 0) is 13.3 Å². The topological polar surface area (TPSA) is 69.6 Å². The molecule has 0 heterocycles. The van der Waals surface area contributed by atoms with Crippen LogP contribution < -0.4 is 5.32 Å². The second-order valence-corrected chi connectivity index (χ2v) is 3.34. The van der Waals surface area contributed by atoms with Crippen LogP contribution in [-0.2, 0) is 4.79 Å². The van der Waals surface area contributed by atoms with Crippen LogP contribution >= 0.6 is 0 Å². The molecule has 0 saturated carbocycles. The van der Waals surface area contributed by atoms with Crippen molar-refractivity contribution in [2.45, 2.75) is 39.3 Å². The Morgan fingerprint density at radius 2 is 1.93 bits per heavy atom. The minimum absolute atomic E-state index is 0.244. The molecule has 0 bridgehead atoms. The highest BCUT2D eigenvalue weighted by atomic mass is 16.3. The first-order chi connectivity index (χ1) is 6.35. The molecular weight excluding hydrogens is 184 g/mol. The van der Waals surface area contributed by atoms with Crippen molar-refractivity contribution in [1.82, 2.24) is 10.2 Å². The Labute approximate surface area is 84.1 Å². The van der Waals surface area contributed by atoms with Gasteiger partial charge in [-0.25, -0.2) is 4.79 Å². The van der Waals surface area contributed by atoms with Gasteiger partial charge in [0.15, 0.2) is 0 Å². The smallest absolute Gasteiger partial charge is 0.326 e. The molecule has 0 spiro atoms. The molecule has 5 nitrogen and oxygen atoms in total. The van der Waals surface area contributed by atoms with Crippen LogP contribution in [-0.4, -0.2) is 34.7 Å². The monoisotopic (exact) mass is 202 g/mol. The van der Waals surface area contributed by atoms with Crippen LogP contribution in [0.15, 0.2) is 0 Å². The summed E-state index contributed by atoms with van der Waals surface area (Å²) in [5.41, 5.74) is -1.22. The van der Waals surface area contributed by atoms with Crippen molar-refractivity contribution in [3.63, 3.8) is 0 Å². The summed E-state index contributed by atoms with van der Waals surface area (Å²) in [6.45, 7) is 4.93. The number of carbonyl (C=O) groups is 2.